The predicted octanol–water partition coefficient (Wildman–Crippen LogP) is 4.91. The van der Waals surface area contributed by atoms with Crippen LogP contribution in [0.4, 0.5) is 0 Å². The lowest BCUT2D eigenvalue weighted by molar-refractivity contribution is 0.285. The van der Waals surface area contributed by atoms with Crippen molar-refractivity contribution < 1.29 is 9.16 Å². The molecule has 2 nitrogen and oxygen atoms in total. The Morgan fingerprint density at radius 3 is 1.85 bits per heavy atom. The van der Waals surface area contributed by atoms with E-state index < -0.39 is 8.32 Å². The van der Waals surface area contributed by atoms with E-state index in [0.29, 0.717) is 6.10 Å². The van der Waals surface area contributed by atoms with Gasteiger partial charge >= 0.3 is 0 Å². The molecule has 1 unspecified atom stereocenters. The minimum atomic E-state index is -2.35. The summed E-state index contributed by atoms with van der Waals surface area (Å²) in [7, 11) is -2.35. The van der Waals surface area contributed by atoms with Gasteiger partial charge in [-0.2, -0.15) is 0 Å². The van der Waals surface area contributed by atoms with Gasteiger partial charge in [0.15, 0.2) is 0 Å². The van der Waals surface area contributed by atoms with Crippen molar-refractivity contribution >= 4 is 18.7 Å². The van der Waals surface area contributed by atoms with Gasteiger partial charge in [-0.25, -0.2) is 0 Å². The standard InChI is InChI=1S/C24H34O2Si/c1-24(2,3)27(22-15-9-6-10-16-22,23-17-11-7-12-18-23)26-19-13-5-4-8-14-21-20-25-21/h6-7,9-12,15-18,21H,4-5,8,13-14,19-20H2,1-3H3. The lowest BCUT2D eigenvalue weighted by Crippen LogP contribution is -2.66. The molecule has 1 heterocycles. The van der Waals surface area contributed by atoms with Gasteiger partial charge in [-0.15, -0.1) is 0 Å². The fourth-order valence-corrected chi connectivity index (χ4v) is 8.66. The van der Waals surface area contributed by atoms with Crippen molar-refractivity contribution in [2.75, 3.05) is 13.2 Å². The maximum Gasteiger partial charge on any atom is 0.261 e. The van der Waals surface area contributed by atoms with Gasteiger partial charge in [0.2, 0.25) is 0 Å². The van der Waals surface area contributed by atoms with Crippen LogP contribution in [0.25, 0.3) is 0 Å². The second kappa shape index (κ2) is 9.18. The molecular weight excluding hydrogens is 348 g/mol. The van der Waals surface area contributed by atoms with Crippen LogP contribution in [0.15, 0.2) is 60.7 Å². The Balaban J connectivity index is 1.72. The zero-order chi connectivity index (χ0) is 19.2. The van der Waals surface area contributed by atoms with Crippen molar-refractivity contribution in [3.63, 3.8) is 0 Å². The van der Waals surface area contributed by atoms with Crippen LogP contribution in [0.3, 0.4) is 0 Å². The summed E-state index contributed by atoms with van der Waals surface area (Å²) in [5, 5.41) is 2.81. The predicted molar refractivity (Wildman–Crippen MR) is 116 cm³/mol. The van der Waals surface area contributed by atoms with E-state index in [2.05, 4.69) is 81.4 Å². The highest BCUT2D eigenvalue weighted by atomic mass is 28.4. The molecule has 0 saturated carbocycles. The molecule has 0 radical (unpaired) electrons. The van der Waals surface area contributed by atoms with E-state index in [1.54, 1.807) is 0 Å². The van der Waals surface area contributed by atoms with Crippen molar-refractivity contribution in [2.45, 2.75) is 64.0 Å². The molecule has 0 bridgehead atoms. The molecule has 1 fully saturated rings. The van der Waals surface area contributed by atoms with E-state index in [-0.39, 0.29) is 5.04 Å². The molecule has 2 aromatic rings. The first kappa shape index (κ1) is 20.3. The largest absolute Gasteiger partial charge is 0.407 e. The zero-order valence-electron chi connectivity index (χ0n) is 17.1. The Morgan fingerprint density at radius 1 is 0.852 bits per heavy atom. The van der Waals surface area contributed by atoms with E-state index in [9.17, 15) is 0 Å². The molecule has 0 N–H and O–H groups in total. The molecule has 3 rings (SSSR count). The Bertz CT molecular complexity index is 635. The number of ether oxygens (including phenoxy) is 1. The summed E-state index contributed by atoms with van der Waals surface area (Å²) in [4.78, 5) is 0. The van der Waals surface area contributed by atoms with E-state index in [4.69, 9.17) is 9.16 Å². The van der Waals surface area contributed by atoms with Crippen molar-refractivity contribution in [3.8, 4) is 0 Å². The second-order valence-electron chi connectivity index (χ2n) is 8.67. The van der Waals surface area contributed by atoms with Gasteiger partial charge in [0.1, 0.15) is 0 Å². The van der Waals surface area contributed by atoms with Crippen LogP contribution in [-0.4, -0.2) is 27.6 Å². The molecule has 0 spiro atoms. The zero-order valence-corrected chi connectivity index (χ0v) is 18.1. The Morgan fingerprint density at radius 2 is 1.37 bits per heavy atom. The summed E-state index contributed by atoms with van der Waals surface area (Å²) in [6, 6.07) is 21.8. The molecule has 0 aliphatic carbocycles. The third-order valence-electron chi connectivity index (χ3n) is 5.56. The van der Waals surface area contributed by atoms with Gasteiger partial charge in [0, 0.05) is 6.61 Å². The van der Waals surface area contributed by atoms with Gasteiger partial charge < -0.3 is 9.16 Å². The number of unbranched alkanes of at least 4 members (excludes halogenated alkanes) is 3. The van der Waals surface area contributed by atoms with Crippen molar-refractivity contribution in [1.82, 2.24) is 0 Å². The molecule has 0 amide bonds. The fourth-order valence-electron chi connectivity index (χ4n) is 4.05. The Hall–Kier alpha value is -1.42. The average Bonchev–Trinajstić information content (AvgIpc) is 3.49. The summed E-state index contributed by atoms with van der Waals surface area (Å²) in [6.07, 6.45) is 6.74. The van der Waals surface area contributed by atoms with Crippen molar-refractivity contribution in [2.24, 2.45) is 0 Å². The fraction of sp³-hybridized carbons (Fsp3) is 0.500. The first-order chi connectivity index (χ1) is 13.0. The highest BCUT2D eigenvalue weighted by Crippen LogP contribution is 2.36. The maximum atomic E-state index is 6.92. The summed E-state index contributed by atoms with van der Waals surface area (Å²) in [5.74, 6) is 0. The van der Waals surface area contributed by atoms with Crippen LogP contribution in [0, 0.1) is 0 Å². The minimum Gasteiger partial charge on any atom is -0.407 e. The molecule has 2 aromatic carbocycles. The van der Waals surface area contributed by atoms with Gasteiger partial charge in [0.05, 0.1) is 12.7 Å². The lowest BCUT2D eigenvalue weighted by Gasteiger charge is -2.43. The minimum absolute atomic E-state index is 0.0685. The van der Waals surface area contributed by atoms with Gasteiger partial charge in [-0.1, -0.05) is 101 Å². The van der Waals surface area contributed by atoms with Crippen LogP contribution in [0.1, 0.15) is 52.9 Å². The molecular formula is C24H34O2Si. The van der Waals surface area contributed by atoms with E-state index >= 15 is 0 Å². The highest BCUT2D eigenvalue weighted by molar-refractivity contribution is 6.99. The Kier molecular flexibility index (Phi) is 6.91. The first-order valence-corrected chi connectivity index (χ1v) is 12.3. The van der Waals surface area contributed by atoms with Crippen LogP contribution >= 0.6 is 0 Å². The van der Waals surface area contributed by atoms with Gasteiger partial charge in [-0.3, -0.25) is 0 Å². The molecule has 1 saturated heterocycles. The monoisotopic (exact) mass is 382 g/mol. The lowest BCUT2D eigenvalue weighted by atomic mass is 10.1. The SMILES string of the molecule is CC(C)(C)[Si](OCCCCCCC1CO1)(c1ccccc1)c1ccccc1. The molecule has 27 heavy (non-hydrogen) atoms. The maximum absolute atomic E-state index is 6.92. The summed E-state index contributed by atoms with van der Waals surface area (Å²) in [5.41, 5.74) is 0. The molecule has 1 atom stereocenters. The number of hydrogen-bond donors (Lipinski definition) is 0. The molecule has 1 aliphatic rings. The molecule has 1 aliphatic heterocycles. The highest BCUT2D eigenvalue weighted by Gasteiger charge is 2.49. The van der Waals surface area contributed by atoms with Crippen LogP contribution in [0.5, 0.6) is 0 Å². The van der Waals surface area contributed by atoms with E-state index in [0.717, 1.165) is 19.6 Å². The number of hydrogen-bond acceptors (Lipinski definition) is 2. The van der Waals surface area contributed by atoms with E-state index in [1.807, 2.05) is 0 Å². The van der Waals surface area contributed by atoms with Gasteiger partial charge in [0.25, 0.3) is 8.32 Å². The smallest absolute Gasteiger partial charge is 0.261 e. The number of epoxide rings is 1. The molecule has 0 aromatic heterocycles. The average molecular weight is 383 g/mol. The van der Waals surface area contributed by atoms with Crippen LogP contribution in [-0.2, 0) is 9.16 Å². The van der Waals surface area contributed by atoms with Crippen LogP contribution in [0.2, 0.25) is 5.04 Å². The summed E-state index contributed by atoms with van der Waals surface area (Å²) in [6.45, 7) is 8.85. The van der Waals surface area contributed by atoms with Crippen LogP contribution < -0.4 is 10.4 Å². The topological polar surface area (TPSA) is 21.8 Å². The number of benzene rings is 2. The summed E-state index contributed by atoms with van der Waals surface area (Å²) < 4.78 is 12.2. The van der Waals surface area contributed by atoms with Crippen molar-refractivity contribution in [1.29, 1.82) is 0 Å². The third-order valence-corrected chi connectivity index (χ3v) is 10.6. The molecule has 3 heteroatoms. The summed E-state index contributed by atoms with van der Waals surface area (Å²) >= 11 is 0. The quantitative estimate of drug-likeness (QED) is 0.331. The molecule has 146 valence electrons. The Labute approximate surface area is 166 Å². The second-order valence-corrected chi connectivity index (χ2v) is 13.0. The normalized spacial score (nSPS) is 17.1. The van der Waals surface area contributed by atoms with Crippen molar-refractivity contribution in [3.05, 3.63) is 60.7 Å². The third kappa shape index (κ3) is 5.10. The van der Waals surface area contributed by atoms with Gasteiger partial charge in [-0.05, 0) is 28.3 Å². The number of rotatable bonds is 10. The first-order valence-electron chi connectivity index (χ1n) is 10.4. The van der Waals surface area contributed by atoms with E-state index in [1.165, 1.54) is 36.1 Å².